The van der Waals surface area contributed by atoms with Crippen LogP contribution < -0.4 is 19.5 Å². The van der Waals surface area contributed by atoms with Crippen LogP contribution in [0.3, 0.4) is 0 Å². The van der Waals surface area contributed by atoms with Crippen molar-refractivity contribution in [1.29, 1.82) is 0 Å². The molecule has 2 aromatic rings. The third kappa shape index (κ3) is 4.07. The average molecular weight is 359 g/mol. The summed E-state index contributed by atoms with van der Waals surface area (Å²) in [5, 5.41) is 2.91. The smallest absolute Gasteiger partial charge is 0.261 e. The van der Waals surface area contributed by atoms with Gasteiger partial charge in [0.1, 0.15) is 13.2 Å². The minimum atomic E-state index is -0.772. The summed E-state index contributed by atoms with van der Waals surface area (Å²) in [6.07, 6.45) is -0.347. The number of hydrogen-bond acceptors (Lipinski definition) is 4. The summed E-state index contributed by atoms with van der Waals surface area (Å²) in [6, 6.07) is 11.4. The van der Waals surface area contributed by atoms with Crippen molar-refractivity contribution in [2.24, 2.45) is 0 Å². The summed E-state index contributed by atoms with van der Waals surface area (Å²) >= 11 is 0. The molecule has 0 spiro atoms. The number of halogens is 1. The molecule has 0 radical (unpaired) electrons. The number of amides is 1. The molecule has 138 valence electrons. The van der Waals surface area contributed by atoms with E-state index in [0.29, 0.717) is 31.1 Å². The molecular weight excluding hydrogens is 337 g/mol. The topological polar surface area (TPSA) is 56.8 Å². The number of benzene rings is 2. The van der Waals surface area contributed by atoms with Gasteiger partial charge < -0.3 is 19.5 Å². The van der Waals surface area contributed by atoms with Gasteiger partial charge in [-0.25, -0.2) is 4.39 Å². The summed E-state index contributed by atoms with van der Waals surface area (Å²) in [4.78, 5) is 12.5. The van der Waals surface area contributed by atoms with Crippen LogP contribution in [0.1, 0.15) is 31.9 Å². The molecule has 0 fully saturated rings. The molecule has 1 amide bonds. The van der Waals surface area contributed by atoms with Crippen molar-refractivity contribution >= 4 is 5.91 Å². The van der Waals surface area contributed by atoms with Gasteiger partial charge in [0.25, 0.3) is 5.91 Å². The first kappa shape index (κ1) is 18.0. The van der Waals surface area contributed by atoms with E-state index >= 15 is 0 Å². The maximum Gasteiger partial charge on any atom is 0.261 e. The van der Waals surface area contributed by atoms with E-state index < -0.39 is 11.9 Å². The number of carbonyl (C=O) groups is 1. The van der Waals surface area contributed by atoms with Gasteiger partial charge in [-0.1, -0.05) is 25.1 Å². The highest BCUT2D eigenvalue weighted by Crippen LogP contribution is 2.32. The van der Waals surface area contributed by atoms with Crippen molar-refractivity contribution in [3.63, 3.8) is 0 Å². The predicted octanol–water partition coefficient (Wildman–Crippen LogP) is 3.63. The van der Waals surface area contributed by atoms with Gasteiger partial charge in [0.05, 0.1) is 6.04 Å². The quantitative estimate of drug-likeness (QED) is 0.856. The Kier molecular flexibility index (Phi) is 5.61. The van der Waals surface area contributed by atoms with Crippen LogP contribution in [-0.4, -0.2) is 25.2 Å². The van der Waals surface area contributed by atoms with E-state index in [0.717, 1.165) is 5.56 Å². The van der Waals surface area contributed by atoms with Crippen LogP contribution in [0.4, 0.5) is 4.39 Å². The number of ether oxygens (including phenoxy) is 3. The standard InChI is InChI=1S/C20H22FNO4/c1-3-16(26-17-7-5-4-6-15(17)21)20(23)22-13(2)14-8-9-18-19(12-14)25-11-10-24-18/h4-9,12-13,16H,3,10-11H2,1-2H3,(H,22,23)/t13-,16+/m0/s1. The van der Waals surface area contributed by atoms with Gasteiger partial charge in [0, 0.05) is 0 Å². The Morgan fingerprint density at radius 2 is 1.92 bits per heavy atom. The minimum absolute atomic E-state index is 0.0708. The Morgan fingerprint density at radius 1 is 1.19 bits per heavy atom. The summed E-state index contributed by atoms with van der Waals surface area (Å²) in [6.45, 7) is 4.73. The summed E-state index contributed by atoms with van der Waals surface area (Å²) < 4.78 is 30.4. The fourth-order valence-corrected chi connectivity index (χ4v) is 2.73. The number of carbonyl (C=O) groups excluding carboxylic acids is 1. The molecule has 3 rings (SSSR count). The lowest BCUT2D eigenvalue weighted by Gasteiger charge is -2.23. The molecule has 6 heteroatoms. The van der Waals surface area contributed by atoms with Gasteiger partial charge in [0.2, 0.25) is 0 Å². The Hall–Kier alpha value is -2.76. The molecular formula is C20H22FNO4. The largest absolute Gasteiger partial charge is 0.486 e. The van der Waals surface area contributed by atoms with Gasteiger partial charge in [-0.15, -0.1) is 0 Å². The van der Waals surface area contributed by atoms with E-state index in [1.54, 1.807) is 12.1 Å². The molecule has 26 heavy (non-hydrogen) atoms. The van der Waals surface area contributed by atoms with Gasteiger partial charge in [-0.2, -0.15) is 0 Å². The zero-order valence-corrected chi connectivity index (χ0v) is 14.8. The minimum Gasteiger partial charge on any atom is -0.486 e. The van der Waals surface area contributed by atoms with Gasteiger partial charge in [-0.05, 0) is 43.2 Å². The molecule has 0 aliphatic carbocycles. The number of hydrogen-bond donors (Lipinski definition) is 1. The molecule has 0 aromatic heterocycles. The molecule has 2 atom stereocenters. The molecule has 0 unspecified atom stereocenters. The highest BCUT2D eigenvalue weighted by Gasteiger charge is 2.22. The van der Waals surface area contributed by atoms with Crippen molar-refractivity contribution in [3.05, 3.63) is 53.8 Å². The Bertz CT molecular complexity index is 780. The van der Waals surface area contributed by atoms with E-state index in [1.165, 1.54) is 12.1 Å². The fourth-order valence-electron chi connectivity index (χ4n) is 2.73. The average Bonchev–Trinajstić information content (AvgIpc) is 2.66. The highest BCUT2D eigenvalue weighted by molar-refractivity contribution is 5.81. The number of para-hydroxylation sites is 1. The predicted molar refractivity (Wildman–Crippen MR) is 95.1 cm³/mol. The number of nitrogens with one attached hydrogen (secondary N) is 1. The zero-order chi connectivity index (χ0) is 18.5. The van der Waals surface area contributed by atoms with E-state index in [4.69, 9.17) is 14.2 Å². The SMILES string of the molecule is CC[C@@H](Oc1ccccc1F)C(=O)N[C@@H](C)c1ccc2c(c1)OCCO2. The molecule has 1 N–H and O–H groups in total. The second kappa shape index (κ2) is 8.08. The lowest BCUT2D eigenvalue weighted by molar-refractivity contribution is -0.128. The van der Waals surface area contributed by atoms with Crippen LogP contribution in [-0.2, 0) is 4.79 Å². The first-order valence-electron chi connectivity index (χ1n) is 8.69. The molecule has 1 aliphatic rings. The monoisotopic (exact) mass is 359 g/mol. The normalized spacial score (nSPS) is 15.0. The maximum atomic E-state index is 13.8. The van der Waals surface area contributed by atoms with E-state index in [9.17, 15) is 9.18 Å². The molecule has 0 saturated carbocycles. The Morgan fingerprint density at radius 3 is 2.65 bits per heavy atom. The summed E-state index contributed by atoms with van der Waals surface area (Å²) in [5.74, 6) is 0.663. The molecule has 1 heterocycles. The summed E-state index contributed by atoms with van der Waals surface area (Å²) in [7, 11) is 0. The third-order valence-corrected chi connectivity index (χ3v) is 4.19. The Balaban J connectivity index is 1.66. The molecule has 5 nitrogen and oxygen atoms in total. The van der Waals surface area contributed by atoms with Gasteiger partial charge in [-0.3, -0.25) is 4.79 Å². The van der Waals surface area contributed by atoms with Crippen LogP contribution >= 0.6 is 0 Å². The lowest BCUT2D eigenvalue weighted by atomic mass is 10.1. The Labute approximate surface area is 152 Å². The molecule has 0 saturated heterocycles. The second-order valence-corrected chi connectivity index (χ2v) is 6.08. The van der Waals surface area contributed by atoms with Crippen LogP contribution in [0.15, 0.2) is 42.5 Å². The third-order valence-electron chi connectivity index (χ3n) is 4.19. The zero-order valence-electron chi connectivity index (χ0n) is 14.8. The van der Waals surface area contributed by atoms with E-state index in [-0.39, 0.29) is 17.7 Å². The van der Waals surface area contributed by atoms with Crippen molar-refractivity contribution < 1.29 is 23.4 Å². The highest BCUT2D eigenvalue weighted by atomic mass is 19.1. The number of fused-ring (bicyclic) bond motifs is 1. The lowest BCUT2D eigenvalue weighted by Crippen LogP contribution is -2.39. The molecule has 2 aromatic carbocycles. The van der Waals surface area contributed by atoms with Crippen LogP contribution in [0.2, 0.25) is 0 Å². The van der Waals surface area contributed by atoms with Crippen molar-refractivity contribution in [2.75, 3.05) is 13.2 Å². The van der Waals surface area contributed by atoms with E-state index in [2.05, 4.69) is 5.32 Å². The van der Waals surface area contributed by atoms with Crippen LogP contribution in [0.5, 0.6) is 17.2 Å². The first-order valence-corrected chi connectivity index (χ1v) is 8.69. The fraction of sp³-hybridized carbons (Fsp3) is 0.350. The second-order valence-electron chi connectivity index (χ2n) is 6.08. The van der Waals surface area contributed by atoms with Crippen LogP contribution in [0, 0.1) is 5.82 Å². The number of rotatable bonds is 6. The van der Waals surface area contributed by atoms with Gasteiger partial charge in [0.15, 0.2) is 29.2 Å². The molecule has 0 bridgehead atoms. The van der Waals surface area contributed by atoms with Crippen molar-refractivity contribution in [1.82, 2.24) is 5.32 Å². The maximum absolute atomic E-state index is 13.8. The van der Waals surface area contributed by atoms with Crippen molar-refractivity contribution in [2.45, 2.75) is 32.4 Å². The van der Waals surface area contributed by atoms with Crippen molar-refractivity contribution in [3.8, 4) is 17.2 Å². The molecule has 1 aliphatic heterocycles. The van der Waals surface area contributed by atoms with Crippen LogP contribution in [0.25, 0.3) is 0 Å². The first-order chi connectivity index (χ1) is 12.6. The summed E-state index contributed by atoms with van der Waals surface area (Å²) in [5.41, 5.74) is 0.892. The van der Waals surface area contributed by atoms with E-state index in [1.807, 2.05) is 32.0 Å². The van der Waals surface area contributed by atoms with Gasteiger partial charge >= 0.3 is 0 Å².